The Hall–Kier alpha value is 1.35. The Balaban J connectivity index is 4.29. The Morgan fingerprint density at radius 3 is 2.12 bits per heavy atom. The lowest BCUT2D eigenvalue weighted by Crippen LogP contribution is -2.47. The van der Waals surface area contributed by atoms with Crippen molar-refractivity contribution in [1.29, 1.82) is 0 Å². The maximum Gasteiger partial charge on any atom is 0.203 e. The Labute approximate surface area is 115 Å². The van der Waals surface area contributed by atoms with Crippen LogP contribution in [0, 0.1) is 0 Å². The third-order valence-electron chi connectivity index (χ3n) is 3.18. The quantitative estimate of drug-likeness (QED) is 0.426. The van der Waals surface area contributed by atoms with Crippen molar-refractivity contribution in [3.05, 3.63) is 0 Å². The van der Waals surface area contributed by atoms with Gasteiger partial charge in [0.05, 0.1) is 0 Å². The third kappa shape index (κ3) is 6.33. The second-order valence-corrected chi connectivity index (χ2v) is 28.0. The van der Waals surface area contributed by atoms with Crippen molar-refractivity contribution in [2.75, 3.05) is 0 Å². The van der Waals surface area contributed by atoms with Crippen molar-refractivity contribution >= 4 is 55.1 Å². The van der Waals surface area contributed by atoms with Crippen molar-refractivity contribution in [3.63, 3.8) is 0 Å². The molecular weight excluding hydrogens is 301 g/mol. The number of hydrogen-bond donors (Lipinski definition) is 0. The van der Waals surface area contributed by atoms with Crippen LogP contribution in [0.2, 0.25) is 24.2 Å². The molecule has 16 heavy (non-hydrogen) atoms. The van der Waals surface area contributed by atoms with E-state index in [1.165, 1.54) is 24.2 Å². The van der Waals surface area contributed by atoms with Gasteiger partial charge in [-0.05, 0) is 24.2 Å². The maximum atomic E-state index is 6.68. The van der Waals surface area contributed by atoms with Crippen molar-refractivity contribution in [3.8, 4) is 0 Å². The van der Waals surface area contributed by atoms with E-state index in [1.54, 1.807) is 0 Å². The molecule has 0 saturated heterocycles. The topological polar surface area (TPSA) is 18.5 Å². The van der Waals surface area contributed by atoms with E-state index in [4.69, 9.17) is 8.23 Å². The molecule has 0 aliphatic carbocycles. The minimum Gasteiger partial charge on any atom is -0.461 e. The summed E-state index contributed by atoms with van der Waals surface area (Å²) in [5.74, 6) is 0. The van der Waals surface area contributed by atoms with Gasteiger partial charge in [0.2, 0.25) is 8.91 Å². The molecule has 0 N–H and O–H groups in total. The average molecular weight is 329 g/mol. The summed E-state index contributed by atoms with van der Waals surface area (Å²) < 4.78 is 12.1. The molecule has 0 aromatic rings. The van der Waals surface area contributed by atoms with E-state index in [1.807, 2.05) is 0 Å². The van der Waals surface area contributed by atoms with E-state index in [0.29, 0.717) is 0 Å². The van der Waals surface area contributed by atoms with E-state index in [0.717, 1.165) is 10.5 Å². The molecule has 0 rings (SSSR count). The highest BCUT2D eigenvalue weighted by Crippen LogP contribution is 2.22. The molecule has 0 aromatic carbocycles. The zero-order chi connectivity index (χ0) is 12.4. The second kappa shape index (κ2) is 10.3. The monoisotopic (exact) mass is 328 g/mol. The van der Waals surface area contributed by atoms with Gasteiger partial charge in [0.15, 0.2) is 16.9 Å². The predicted molar refractivity (Wildman–Crippen MR) is 91.6 cm³/mol. The molecule has 0 heterocycles. The van der Waals surface area contributed by atoms with Gasteiger partial charge in [-0.3, -0.25) is 0 Å². The van der Waals surface area contributed by atoms with Crippen LogP contribution in [0.15, 0.2) is 0 Å². The van der Waals surface area contributed by atoms with Gasteiger partial charge in [-0.2, -0.15) is 10.7 Å². The summed E-state index contributed by atoms with van der Waals surface area (Å²) in [6.07, 6.45) is 0. The number of rotatable bonds is 10. The van der Waals surface area contributed by atoms with Gasteiger partial charge in [0, 0.05) is 0 Å². The summed E-state index contributed by atoms with van der Waals surface area (Å²) in [5.41, 5.74) is 0. The zero-order valence-corrected chi connectivity index (χ0v) is 19.3. The highest BCUT2D eigenvalue weighted by atomic mass is 32.5. The van der Waals surface area contributed by atoms with Crippen LogP contribution in [0.25, 0.3) is 0 Å². The van der Waals surface area contributed by atoms with Crippen LogP contribution in [-0.2, 0) is 8.23 Å². The van der Waals surface area contributed by atoms with Crippen LogP contribution >= 0.6 is 10.7 Å². The molecule has 0 fully saturated rings. The molecule has 2 nitrogen and oxygen atoms in total. The van der Waals surface area contributed by atoms with Crippen LogP contribution in [0.1, 0.15) is 27.7 Å². The predicted octanol–water partition coefficient (Wildman–Crippen LogP) is 0.361. The third-order valence-corrected chi connectivity index (χ3v) is 35.6. The Bertz CT molecular complexity index is 167. The molecule has 0 saturated carbocycles. The smallest absolute Gasteiger partial charge is 0.203 e. The standard InChI is InChI=1S/C8H28O2SSi5/c1-5-15(6-2)10-16(7-3,8-4)14-11-13-9-12/h15H,5-8,13-14H2,1-4,12H3. The molecular formula is C8H28O2SSi5. The summed E-state index contributed by atoms with van der Waals surface area (Å²) in [6, 6.07) is 5.33. The zero-order valence-electron chi connectivity index (χ0n) is 11.5. The summed E-state index contributed by atoms with van der Waals surface area (Å²) in [5, 5.41) is 0. The lowest BCUT2D eigenvalue weighted by molar-refractivity contribution is 0.566. The Morgan fingerprint density at radius 1 is 1.19 bits per heavy atom. The first kappa shape index (κ1) is 17.4. The van der Waals surface area contributed by atoms with Gasteiger partial charge in [-0.15, -0.1) is 0 Å². The molecule has 0 aromatic heterocycles. The minimum atomic E-state index is -1.25. The normalized spacial score (nSPS) is 14.1. The molecule has 0 spiro atoms. The van der Waals surface area contributed by atoms with Gasteiger partial charge in [-0.1, -0.05) is 27.7 Å². The van der Waals surface area contributed by atoms with Gasteiger partial charge in [0.1, 0.15) is 18.7 Å². The first-order valence-corrected chi connectivity index (χ1v) is 19.2. The fourth-order valence-electron chi connectivity index (χ4n) is 1.77. The highest BCUT2D eigenvalue weighted by molar-refractivity contribution is 8.44. The first-order chi connectivity index (χ1) is 7.67. The minimum absolute atomic E-state index is 0.0270. The molecule has 0 amide bonds. The lowest BCUT2D eigenvalue weighted by Gasteiger charge is -2.33. The summed E-state index contributed by atoms with van der Waals surface area (Å²) in [4.78, 5) is 0. The van der Waals surface area contributed by atoms with Crippen LogP contribution in [-0.4, -0.2) is 44.5 Å². The largest absolute Gasteiger partial charge is 0.461 e. The van der Waals surface area contributed by atoms with Crippen LogP contribution in [0.5, 0.6) is 0 Å². The van der Waals surface area contributed by atoms with Gasteiger partial charge in [0.25, 0.3) is 0 Å². The van der Waals surface area contributed by atoms with Crippen molar-refractivity contribution in [2.45, 2.75) is 51.9 Å². The first-order valence-electron chi connectivity index (χ1n) is 6.42. The van der Waals surface area contributed by atoms with Crippen LogP contribution < -0.4 is 0 Å². The summed E-state index contributed by atoms with van der Waals surface area (Å²) in [7, 11) is 0.831. The van der Waals surface area contributed by atoms with E-state index >= 15 is 0 Å². The molecule has 0 aliphatic rings. The van der Waals surface area contributed by atoms with Crippen molar-refractivity contribution < 1.29 is 8.23 Å². The molecule has 8 heteroatoms. The van der Waals surface area contributed by atoms with Crippen LogP contribution in [0.3, 0.4) is 0 Å². The lowest BCUT2D eigenvalue weighted by atomic mass is 10.9. The van der Waals surface area contributed by atoms with Gasteiger partial charge in [-0.25, -0.2) is 0 Å². The fraction of sp³-hybridized carbons (Fsp3) is 1.00. The van der Waals surface area contributed by atoms with Gasteiger partial charge >= 0.3 is 0 Å². The molecule has 0 aliphatic heterocycles. The van der Waals surface area contributed by atoms with E-state index in [9.17, 15) is 0 Å². The van der Waals surface area contributed by atoms with Gasteiger partial charge < -0.3 is 8.23 Å². The highest BCUT2D eigenvalue weighted by Gasteiger charge is 2.33. The molecule has 0 bridgehead atoms. The second-order valence-electron chi connectivity index (χ2n) is 4.20. The van der Waals surface area contributed by atoms with Crippen molar-refractivity contribution in [2.24, 2.45) is 0 Å². The summed E-state index contributed by atoms with van der Waals surface area (Å²) in [6.45, 7) is 9.36. The Kier molecular flexibility index (Phi) is 11.2. The average Bonchev–Trinajstić information content (AvgIpc) is 2.34. The van der Waals surface area contributed by atoms with Crippen LogP contribution in [0.4, 0.5) is 0 Å². The SMILES string of the molecule is CC[SiH](CC)O[Si](CC)(CC)[SiH2]S[SiH2]O[SiH3]. The van der Waals surface area contributed by atoms with E-state index < -0.39 is 16.9 Å². The molecule has 98 valence electrons. The molecule has 0 radical (unpaired) electrons. The van der Waals surface area contributed by atoms with E-state index in [-0.39, 0.29) is 17.1 Å². The number of hydrogen-bond acceptors (Lipinski definition) is 3. The molecule has 0 unspecified atom stereocenters. The fourth-order valence-corrected chi connectivity index (χ4v) is 43.4. The molecule has 0 atom stereocenters. The summed E-state index contributed by atoms with van der Waals surface area (Å²) >= 11 is 0. The maximum absolute atomic E-state index is 6.68. The Morgan fingerprint density at radius 2 is 1.75 bits per heavy atom. The van der Waals surface area contributed by atoms with Crippen molar-refractivity contribution in [1.82, 2.24) is 0 Å². The van der Waals surface area contributed by atoms with E-state index in [2.05, 4.69) is 38.4 Å².